The Kier molecular flexibility index (Phi) is 8.92. The van der Waals surface area contributed by atoms with E-state index < -0.39 is 11.9 Å². The lowest BCUT2D eigenvalue weighted by molar-refractivity contribution is -0.138. The van der Waals surface area contributed by atoms with Crippen molar-refractivity contribution in [1.82, 2.24) is 0 Å². The quantitative estimate of drug-likeness (QED) is 0.155. The Balaban J connectivity index is 2.10. The fourth-order valence-electron chi connectivity index (χ4n) is 2.35. The number of carbonyl (C=O) groups is 1. The van der Waals surface area contributed by atoms with E-state index >= 15 is 0 Å². The van der Waals surface area contributed by atoms with E-state index in [-0.39, 0.29) is 24.6 Å². The molecular formula is C22H25N3O5. The summed E-state index contributed by atoms with van der Waals surface area (Å²) in [4.78, 5) is 12.0. The molecule has 2 rings (SSSR count). The predicted octanol–water partition coefficient (Wildman–Crippen LogP) is 3.33. The predicted molar refractivity (Wildman–Crippen MR) is 114 cm³/mol. The van der Waals surface area contributed by atoms with Crippen molar-refractivity contribution in [2.24, 2.45) is 15.9 Å². The molecule has 0 saturated carbocycles. The van der Waals surface area contributed by atoms with Crippen molar-refractivity contribution in [3.05, 3.63) is 77.2 Å². The maximum Gasteiger partial charge on any atom is 0.349 e. The molecule has 0 unspecified atom stereocenters. The summed E-state index contributed by atoms with van der Waals surface area (Å²) in [6.07, 6.45) is 1.45. The molecule has 8 heteroatoms. The van der Waals surface area contributed by atoms with Gasteiger partial charge in [0.05, 0.1) is 19.4 Å². The number of esters is 1. The number of rotatable bonds is 10. The molecule has 3 N–H and O–H groups in total. The van der Waals surface area contributed by atoms with Gasteiger partial charge >= 0.3 is 5.97 Å². The van der Waals surface area contributed by atoms with Gasteiger partial charge in [-0.15, -0.1) is 5.10 Å². The minimum Gasteiger partial charge on any atom is -0.489 e. The lowest BCUT2D eigenvalue weighted by Gasteiger charge is -2.08. The molecule has 0 aliphatic heterocycles. The summed E-state index contributed by atoms with van der Waals surface area (Å²) in [5.74, 6) is -1.17. The van der Waals surface area contributed by atoms with Crippen molar-refractivity contribution in [2.45, 2.75) is 20.5 Å². The van der Waals surface area contributed by atoms with Crippen LogP contribution in [0.2, 0.25) is 0 Å². The van der Waals surface area contributed by atoms with Gasteiger partial charge in [-0.1, -0.05) is 42.5 Å². The van der Waals surface area contributed by atoms with Gasteiger partial charge in [0.25, 0.3) is 5.95 Å². The first kappa shape index (κ1) is 22.5. The number of nitrogens with zero attached hydrogens (tertiary/aromatic N) is 2. The molecule has 2 aromatic carbocycles. The molecular weight excluding hydrogens is 386 g/mol. The van der Waals surface area contributed by atoms with E-state index in [1.807, 2.05) is 48.5 Å². The highest BCUT2D eigenvalue weighted by Gasteiger charge is 2.22. The third kappa shape index (κ3) is 6.97. The van der Waals surface area contributed by atoms with Crippen molar-refractivity contribution in [1.29, 1.82) is 0 Å². The zero-order valence-corrected chi connectivity index (χ0v) is 16.9. The lowest BCUT2D eigenvalue weighted by Crippen LogP contribution is -2.25. The largest absolute Gasteiger partial charge is 0.489 e. The van der Waals surface area contributed by atoms with Gasteiger partial charge < -0.3 is 25.1 Å². The van der Waals surface area contributed by atoms with E-state index in [9.17, 15) is 9.90 Å². The number of nitrogens with two attached hydrogens (primary N) is 1. The topological polar surface area (TPSA) is 116 Å². The number of benzene rings is 2. The standard InChI is InChI=1S/C22H25N3O5/c1-3-28-21(26)19(22(27)29-4-2)20(23)25-24-14-17-11-8-12-18(13-17)30-15-16-9-6-5-7-10-16/h5-14,26H,3-4,15H2,1-2H3,(H2,23,25)/b21-19?,24-14-. The molecule has 0 atom stereocenters. The van der Waals surface area contributed by atoms with Gasteiger partial charge in [0, 0.05) is 0 Å². The molecule has 0 radical (unpaired) electrons. The van der Waals surface area contributed by atoms with Crippen LogP contribution >= 0.6 is 0 Å². The summed E-state index contributed by atoms with van der Waals surface area (Å²) in [5.41, 5.74) is 7.19. The zero-order valence-electron chi connectivity index (χ0n) is 16.9. The second-order valence-electron chi connectivity index (χ2n) is 5.91. The van der Waals surface area contributed by atoms with Crippen molar-refractivity contribution in [3.63, 3.8) is 0 Å². The van der Waals surface area contributed by atoms with Crippen LogP contribution in [0.1, 0.15) is 25.0 Å². The van der Waals surface area contributed by atoms with Crippen LogP contribution < -0.4 is 10.5 Å². The van der Waals surface area contributed by atoms with Crippen LogP contribution in [0.15, 0.2) is 76.3 Å². The first-order valence-corrected chi connectivity index (χ1v) is 9.42. The molecule has 0 aromatic heterocycles. The summed E-state index contributed by atoms with van der Waals surface area (Å²) >= 11 is 0. The van der Waals surface area contributed by atoms with E-state index in [0.29, 0.717) is 17.9 Å². The second-order valence-corrected chi connectivity index (χ2v) is 5.91. The molecule has 0 spiro atoms. The molecule has 30 heavy (non-hydrogen) atoms. The summed E-state index contributed by atoms with van der Waals surface area (Å²) in [6.45, 7) is 3.97. The number of hydrogen-bond donors (Lipinski definition) is 2. The van der Waals surface area contributed by atoms with Crippen LogP contribution in [-0.4, -0.2) is 36.3 Å². The first-order valence-electron chi connectivity index (χ1n) is 9.42. The van der Waals surface area contributed by atoms with Gasteiger partial charge in [-0.05, 0) is 37.1 Å². The summed E-state index contributed by atoms with van der Waals surface area (Å²) in [6, 6.07) is 17.1. The minimum atomic E-state index is -0.851. The van der Waals surface area contributed by atoms with Crippen LogP contribution in [-0.2, 0) is 20.9 Å². The number of ether oxygens (including phenoxy) is 3. The Hall–Kier alpha value is -3.81. The van der Waals surface area contributed by atoms with E-state index in [1.54, 1.807) is 19.9 Å². The van der Waals surface area contributed by atoms with Crippen molar-refractivity contribution < 1.29 is 24.1 Å². The normalized spacial score (nSPS) is 12.4. The van der Waals surface area contributed by atoms with Crippen molar-refractivity contribution in [3.8, 4) is 5.75 Å². The second kappa shape index (κ2) is 11.9. The number of aliphatic hydroxyl groups excluding tert-OH is 1. The monoisotopic (exact) mass is 411 g/mol. The minimum absolute atomic E-state index is 0.105. The molecule has 0 aliphatic rings. The van der Waals surface area contributed by atoms with E-state index in [4.69, 9.17) is 19.9 Å². The van der Waals surface area contributed by atoms with Crippen molar-refractivity contribution in [2.75, 3.05) is 13.2 Å². The van der Waals surface area contributed by atoms with Gasteiger partial charge in [0.1, 0.15) is 12.4 Å². The SMILES string of the molecule is CCOC(=O)C(C(N)=N/N=C\c1cccc(OCc2ccccc2)c1)=C(O)OCC. The fraction of sp³-hybridized carbons (Fsp3) is 0.227. The number of carbonyl (C=O) groups excluding carboxylic acids is 1. The Morgan fingerprint density at radius 2 is 1.80 bits per heavy atom. The molecule has 0 heterocycles. The number of amidine groups is 1. The number of hydrogen-bond acceptors (Lipinski definition) is 7. The average molecular weight is 411 g/mol. The first-order chi connectivity index (χ1) is 14.5. The van der Waals surface area contributed by atoms with Gasteiger partial charge in [0.15, 0.2) is 11.4 Å². The van der Waals surface area contributed by atoms with Crippen LogP contribution in [0.5, 0.6) is 5.75 Å². The molecule has 0 amide bonds. The maximum absolute atomic E-state index is 12.0. The van der Waals surface area contributed by atoms with Gasteiger partial charge in [-0.25, -0.2) is 4.79 Å². The summed E-state index contributed by atoms with van der Waals surface area (Å²) in [7, 11) is 0. The lowest BCUT2D eigenvalue weighted by atomic mass is 10.2. The highest BCUT2D eigenvalue weighted by Crippen LogP contribution is 2.14. The van der Waals surface area contributed by atoms with E-state index in [2.05, 4.69) is 10.2 Å². The fourth-order valence-corrected chi connectivity index (χ4v) is 2.35. The Bertz CT molecular complexity index is 923. The summed E-state index contributed by atoms with van der Waals surface area (Å²) in [5, 5.41) is 17.6. The average Bonchev–Trinajstić information content (AvgIpc) is 2.74. The van der Waals surface area contributed by atoms with Crippen LogP contribution in [0, 0.1) is 0 Å². The van der Waals surface area contributed by atoms with Crippen LogP contribution in [0.4, 0.5) is 0 Å². The van der Waals surface area contributed by atoms with Crippen LogP contribution in [0.3, 0.4) is 0 Å². The highest BCUT2D eigenvalue weighted by molar-refractivity contribution is 6.18. The van der Waals surface area contributed by atoms with Gasteiger partial charge in [-0.2, -0.15) is 5.10 Å². The van der Waals surface area contributed by atoms with Crippen molar-refractivity contribution >= 4 is 18.0 Å². The Labute approximate surface area is 175 Å². The van der Waals surface area contributed by atoms with E-state index in [0.717, 1.165) is 5.56 Å². The summed E-state index contributed by atoms with van der Waals surface area (Å²) < 4.78 is 15.6. The molecule has 0 aliphatic carbocycles. The van der Waals surface area contributed by atoms with Gasteiger partial charge in [0.2, 0.25) is 0 Å². The third-order valence-electron chi connectivity index (χ3n) is 3.71. The van der Waals surface area contributed by atoms with Crippen LogP contribution in [0.25, 0.3) is 0 Å². The molecule has 0 saturated heterocycles. The van der Waals surface area contributed by atoms with E-state index in [1.165, 1.54) is 6.21 Å². The maximum atomic E-state index is 12.0. The Morgan fingerprint density at radius 1 is 1.07 bits per heavy atom. The molecule has 158 valence electrons. The molecule has 0 bridgehead atoms. The number of aliphatic hydroxyl groups is 1. The van der Waals surface area contributed by atoms with Gasteiger partial charge in [-0.3, -0.25) is 0 Å². The highest BCUT2D eigenvalue weighted by atomic mass is 16.6. The third-order valence-corrected chi connectivity index (χ3v) is 3.71. The molecule has 8 nitrogen and oxygen atoms in total. The smallest absolute Gasteiger partial charge is 0.349 e. The Morgan fingerprint density at radius 3 is 2.50 bits per heavy atom. The molecule has 2 aromatic rings. The zero-order chi connectivity index (χ0) is 21.8. The molecule has 0 fully saturated rings.